The molecule has 4 aromatic carbocycles. The summed E-state index contributed by atoms with van der Waals surface area (Å²) in [5.41, 5.74) is 4.68. The largest absolute Gasteiger partial charge is 0.508 e. The first-order chi connectivity index (χ1) is 15.3. The molecule has 0 spiro atoms. The van der Waals surface area contributed by atoms with Crippen LogP contribution >= 0.6 is 7.92 Å². The summed E-state index contributed by atoms with van der Waals surface area (Å²) in [5, 5.41) is 14.3. The average Bonchev–Trinajstić information content (AvgIpc) is 2.85. The smallest absolute Gasteiger partial charge is 0.116 e. The van der Waals surface area contributed by atoms with Gasteiger partial charge in [0.1, 0.15) is 5.75 Å². The Balaban J connectivity index is 1.70. The first-order valence-electron chi connectivity index (χ1n) is 10.5. The van der Waals surface area contributed by atoms with Gasteiger partial charge in [-0.2, -0.15) is 0 Å². The molecule has 0 radical (unpaired) electrons. The Labute approximate surface area is 183 Å². The van der Waals surface area contributed by atoms with Crippen molar-refractivity contribution in [1.82, 2.24) is 0 Å². The van der Waals surface area contributed by atoms with Crippen LogP contribution in [0.25, 0.3) is 10.6 Å². The van der Waals surface area contributed by atoms with E-state index in [9.17, 15) is 5.11 Å². The van der Waals surface area contributed by atoms with E-state index >= 15 is 0 Å². The number of phenols is 1. The van der Waals surface area contributed by atoms with Crippen molar-refractivity contribution in [1.29, 1.82) is 0 Å². The van der Waals surface area contributed by atoms with Crippen LogP contribution in [0.3, 0.4) is 0 Å². The Morgan fingerprint density at radius 1 is 0.581 bits per heavy atom. The Hall–Kier alpha value is -3.41. The van der Waals surface area contributed by atoms with Crippen LogP contribution in [0.2, 0.25) is 0 Å². The van der Waals surface area contributed by atoms with Crippen molar-refractivity contribution >= 4 is 23.9 Å². The summed E-state index contributed by atoms with van der Waals surface area (Å²) in [6, 6.07) is 38.1. The minimum atomic E-state index is -0.722. The monoisotopic (exact) mass is 416 g/mol. The summed E-state index contributed by atoms with van der Waals surface area (Å²) in [5.74, 6) is 0.309. The molecule has 3 aliphatic heterocycles. The molecule has 1 nitrogen and oxygen atoms in total. The Bertz CT molecular complexity index is 1340. The third-order valence-corrected chi connectivity index (χ3v) is 8.87. The van der Waals surface area contributed by atoms with Crippen LogP contribution < -0.4 is 5.30 Å². The van der Waals surface area contributed by atoms with Crippen LogP contribution in [-0.2, 0) is 5.41 Å². The first-order valence-corrected chi connectivity index (χ1v) is 11.9. The van der Waals surface area contributed by atoms with Crippen molar-refractivity contribution in [3.63, 3.8) is 0 Å². The molecule has 0 saturated heterocycles. The highest BCUT2D eigenvalue weighted by Gasteiger charge is 2.45. The van der Waals surface area contributed by atoms with Crippen LogP contribution in [0.15, 0.2) is 121 Å². The summed E-state index contributed by atoms with van der Waals surface area (Å²) in [6.07, 6.45) is 4.93. The lowest BCUT2D eigenvalue weighted by Crippen LogP contribution is -2.36. The summed E-state index contributed by atoms with van der Waals surface area (Å²) < 4.78 is 0. The molecular formula is C29H21OP. The molecule has 0 saturated carbocycles. The Morgan fingerprint density at radius 2 is 1.19 bits per heavy atom. The molecule has 3 aliphatic rings. The maximum atomic E-state index is 10.2. The van der Waals surface area contributed by atoms with Crippen molar-refractivity contribution in [2.45, 2.75) is 5.41 Å². The van der Waals surface area contributed by atoms with Crippen molar-refractivity contribution in [2.75, 3.05) is 0 Å². The van der Waals surface area contributed by atoms with E-state index in [0.717, 1.165) is 5.56 Å². The minimum absolute atomic E-state index is 0.309. The van der Waals surface area contributed by atoms with Gasteiger partial charge in [-0.3, -0.25) is 0 Å². The van der Waals surface area contributed by atoms with Crippen LogP contribution in [-0.4, -0.2) is 5.11 Å². The van der Waals surface area contributed by atoms with Gasteiger partial charge in [0, 0.05) is 0 Å². The lowest BCUT2D eigenvalue weighted by molar-refractivity contribution is 0.475. The predicted molar refractivity (Wildman–Crippen MR) is 131 cm³/mol. The fraction of sp³-hybridized carbons (Fsp3) is 0.0345. The maximum absolute atomic E-state index is 10.2. The zero-order valence-electron chi connectivity index (χ0n) is 16.9. The molecule has 1 unspecified atom stereocenters. The molecule has 7 rings (SSSR count). The van der Waals surface area contributed by atoms with E-state index in [4.69, 9.17) is 0 Å². The number of phenolic OH excluding ortho intramolecular Hbond substituents is 1. The third kappa shape index (κ3) is 2.81. The molecule has 3 heterocycles. The van der Waals surface area contributed by atoms with E-state index in [1.165, 1.54) is 32.6 Å². The summed E-state index contributed by atoms with van der Waals surface area (Å²) in [4.78, 5) is 0. The average molecular weight is 416 g/mol. The standard InChI is InChI=1S/C29H21OP/c30-24-15-9-12-22(18-24)28-20-29(23-13-5-2-6-14-23)19-27(21-10-3-1-4-11-21)31(28)26-17-8-7-16-25(26)29/h1-20,30H/t29-,31?/m0/s1. The number of hydrogen-bond acceptors (Lipinski definition) is 1. The van der Waals surface area contributed by atoms with E-state index in [1.807, 2.05) is 12.1 Å². The quantitative estimate of drug-likeness (QED) is 0.360. The van der Waals surface area contributed by atoms with E-state index in [-0.39, 0.29) is 5.41 Å². The second-order valence-corrected chi connectivity index (χ2v) is 10.2. The van der Waals surface area contributed by atoms with Crippen LogP contribution in [0.1, 0.15) is 22.3 Å². The molecule has 1 N–H and O–H groups in total. The van der Waals surface area contributed by atoms with E-state index in [2.05, 4.69) is 103 Å². The third-order valence-electron chi connectivity index (χ3n) is 6.26. The number of hydrogen-bond donors (Lipinski definition) is 1. The van der Waals surface area contributed by atoms with Crippen molar-refractivity contribution < 1.29 is 5.11 Å². The zero-order chi connectivity index (χ0) is 20.8. The topological polar surface area (TPSA) is 20.2 Å². The molecule has 0 fully saturated rings. The van der Waals surface area contributed by atoms with Crippen LogP contribution in [0.5, 0.6) is 5.75 Å². The van der Waals surface area contributed by atoms with Gasteiger partial charge in [-0.1, -0.05) is 109 Å². The molecule has 31 heavy (non-hydrogen) atoms. The highest BCUT2D eigenvalue weighted by molar-refractivity contribution is 7.84. The normalized spacial score (nSPS) is 21.2. The van der Waals surface area contributed by atoms with Gasteiger partial charge in [-0.15, -0.1) is 0 Å². The molecule has 148 valence electrons. The Morgan fingerprint density at radius 3 is 1.94 bits per heavy atom. The van der Waals surface area contributed by atoms with E-state index in [1.54, 1.807) is 6.07 Å². The zero-order valence-corrected chi connectivity index (χ0v) is 17.8. The van der Waals surface area contributed by atoms with Crippen LogP contribution in [0.4, 0.5) is 0 Å². The summed E-state index contributed by atoms with van der Waals surface area (Å²) in [6.45, 7) is 0. The van der Waals surface area contributed by atoms with Gasteiger partial charge in [0.15, 0.2) is 0 Å². The molecule has 0 amide bonds. The number of benzene rings is 4. The summed E-state index contributed by atoms with van der Waals surface area (Å²) in [7, 11) is -0.722. The molecule has 2 bridgehead atoms. The van der Waals surface area contributed by atoms with Crippen molar-refractivity contribution in [3.8, 4) is 5.75 Å². The van der Waals surface area contributed by atoms with Crippen LogP contribution in [0, 0.1) is 0 Å². The second-order valence-electron chi connectivity index (χ2n) is 8.06. The van der Waals surface area contributed by atoms with Gasteiger partial charge in [-0.05, 0) is 58.2 Å². The van der Waals surface area contributed by atoms with Gasteiger partial charge in [-0.25, -0.2) is 0 Å². The highest BCUT2D eigenvalue weighted by atomic mass is 31.1. The lowest BCUT2D eigenvalue weighted by Gasteiger charge is -2.46. The van der Waals surface area contributed by atoms with Gasteiger partial charge in [0.05, 0.1) is 5.41 Å². The fourth-order valence-corrected chi connectivity index (χ4v) is 7.88. The molecular weight excluding hydrogens is 395 g/mol. The lowest BCUT2D eigenvalue weighted by atomic mass is 9.72. The maximum Gasteiger partial charge on any atom is 0.116 e. The molecule has 2 atom stereocenters. The summed E-state index contributed by atoms with van der Waals surface area (Å²) >= 11 is 0. The SMILES string of the molecule is Oc1cccc(C2=C[C@]3(c4ccccc4)C=C(c4ccccc4)P2c2ccccc23)c1. The van der Waals surface area contributed by atoms with Gasteiger partial charge in [0.25, 0.3) is 0 Å². The van der Waals surface area contributed by atoms with Crippen molar-refractivity contribution in [3.05, 3.63) is 144 Å². The van der Waals surface area contributed by atoms with Gasteiger partial charge < -0.3 is 5.11 Å². The van der Waals surface area contributed by atoms with Crippen molar-refractivity contribution in [2.24, 2.45) is 0 Å². The van der Waals surface area contributed by atoms with E-state index in [0.29, 0.717) is 5.75 Å². The van der Waals surface area contributed by atoms with Gasteiger partial charge >= 0.3 is 0 Å². The second kappa shape index (κ2) is 7.08. The minimum Gasteiger partial charge on any atom is -0.508 e. The molecule has 4 aromatic rings. The van der Waals surface area contributed by atoms with Gasteiger partial charge in [0.2, 0.25) is 0 Å². The highest BCUT2D eigenvalue weighted by Crippen LogP contribution is 2.69. The Kier molecular flexibility index (Phi) is 4.19. The number of aromatic hydroxyl groups is 1. The predicted octanol–water partition coefficient (Wildman–Crippen LogP) is 6.89. The van der Waals surface area contributed by atoms with E-state index < -0.39 is 7.92 Å². The number of allylic oxidation sites excluding steroid dienone is 2. The fourth-order valence-electron chi connectivity index (χ4n) is 4.90. The molecule has 0 aliphatic carbocycles. The number of rotatable bonds is 3. The first kappa shape index (κ1) is 18.4. The molecule has 0 aromatic heterocycles. The molecule has 2 heteroatoms.